The zero-order valence-corrected chi connectivity index (χ0v) is 13.8. The van der Waals surface area contributed by atoms with Gasteiger partial charge in [-0.2, -0.15) is 10.5 Å². The molecule has 0 aromatic rings. The Morgan fingerprint density at radius 1 is 0.750 bits per heavy atom. The van der Waals surface area contributed by atoms with E-state index < -0.39 is 10.2 Å². The Hall–Kier alpha value is -0.787. The van der Waals surface area contributed by atoms with Gasteiger partial charge in [0.05, 0.1) is 12.1 Å². The standard InChI is InChI=1S/C8H12.2C2H3N.ClHO4.Rh/c1-2-4-6-8-7-5-3-1;2*1-2-3;2-1(3,4)5;/h1-2,7-8H,3-6H2;2*1H3;(H,2,3,4,5);/p-1/b2-1-,8-7?;;;;. The van der Waals surface area contributed by atoms with Crippen LogP contribution in [0.25, 0.3) is 0 Å². The summed E-state index contributed by atoms with van der Waals surface area (Å²) >= 11 is 0. The van der Waals surface area contributed by atoms with E-state index >= 15 is 0 Å². The summed E-state index contributed by atoms with van der Waals surface area (Å²) in [5.41, 5.74) is 0. The van der Waals surface area contributed by atoms with Crippen LogP contribution in [0, 0.1) is 32.9 Å². The van der Waals surface area contributed by atoms with E-state index in [2.05, 4.69) is 24.3 Å². The molecule has 8 heteroatoms. The van der Waals surface area contributed by atoms with E-state index in [9.17, 15) is 0 Å². The van der Waals surface area contributed by atoms with Crippen molar-refractivity contribution in [2.24, 2.45) is 0 Å². The normalized spacial score (nSPS) is 13.4. The third-order valence-electron chi connectivity index (χ3n) is 1.33. The maximum Gasteiger partial charge on any atom is 0.0587 e. The van der Waals surface area contributed by atoms with Crippen molar-refractivity contribution in [1.82, 2.24) is 0 Å². The fourth-order valence-corrected chi connectivity index (χ4v) is 0.856. The molecule has 0 aromatic carbocycles. The first kappa shape index (κ1) is 27.5. The van der Waals surface area contributed by atoms with Gasteiger partial charge in [0, 0.05) is 33.3 Å². The number of nitriles is 2. The number of allylic oxidation sites excluding steroid dienone is 4. The number of halogens is 1. The first-order valence-electron chi connectivity index (χ1n) is 5.36. The van der Waals surface area contributed by atoms with Crippen molar-refractivity contribution in [3.63, 3.8) is 0 Å². The molecular formula is C12H18ClN2O4Rh-. The molecule has 0 aromatic heterocycles. The summed E-state index contributed by atoms with van der Waals surface area (Å²) in [5, 5.41) is 14.6. The van der Waals surface area contributed by atoms with E-state index in [-0.39, 0.29) is 19.5 Å². The van der Waals surface area contributed by atoms with Crippen molar-refractivity contribution in [3.05, 3.63) is 24.3 Å². The Morgan fingerprint density at radius 3 is 0.950 bits per heavy atom. The average molecular weight is 393 g/mol. The molecule has 0 saturated heterocycles. The Morgan fingerprint density at radius 2 is 0.850 bits per heavy atom. The number of nitrogens with zero attached hydrogens (tertiary/aromatic N) is 2. The van der Waals surface area contributed by atoms with Crippen LogP contribution in [-0.2, 0) is 19.5 Å². The molecule has 1 radical (unpaired) electrons. The van der Waals surface area contributed by atoms with Gasteiger partial charge >= 0.3 is 0 Å². The summed E-state index contributed by atoms with van der Waals surface area (Å²) in [4.78, 5) is 0. The SMILES string of the molecule is C1=CCC/C=C\CC1.CC#N.CC#N.[O-][Cl+3]([O-])([O-])[O-].[Rh]. The molecule has 0 fully saturated rings. The monoisotopic (exact) mass is 392 g/mol. The van der Waals surface area contributed by atoms with E-state index in [1.807, 2.05) is 0 Å². The van der Waals surface area contributed by atoms with Gasteiger partial charge in [0.15, 0.2) is 0 Å². The minimum absolute atomic E-state index is 0. The van der Waals surface area contributed by atoms with Gasteiger partial charge < -0.3 is 0 Å². The van der Waals surface area contributed by atoms with Crippen LogP contribution in [-0.4, -0.2) is 0 Å². The predicted molar refractivity (Wildman–Crippen MR) is 59.3 cm³/mol. The molecule has 1 aliphatic carbocycles. The van der Waals surface area contributed by atoms with E-state index in [0.717, 1.165) is 0 Å². The van der Waals surface area contributed by atoms with Gasteiger partial charge in [0.25, 0.3) is 0 Å². The van der Waals surface area contributed by atoms with E-state index in [1.165, 1.54) is 39.5 Å². The fraction of sp³-hybridized carbons (Fsp3) is 0.500. The van der Waals surface area contributed by atoms with E-state index in [0.29, 0.717) is 0 Å². The topological polar surface area (TPSA) is 140 Å². The Bertz CT molecular complexity index is 273. The summed E-state index contributed by atoms with van der Waals surface area (Å²) in [7, 11) is -4.94. The van der Waals surface area contributed by atoms with Crippen molar-refractivity contribution < 1.29 is 48.4 Å². The van der Waals surface area contributed by atoms with E-state index in [1.54, 1.807) is 12.1 Å². The summed E-state index contributed by atoms with van der Waals surface area (Å²) in [6, 6.07) is 3.50. The van der Waals surface area contributed by atoms with Crippen LogP contribution in [0.15, 0.2) is 24.3 Å². The first-order valence-corrected chi connectivity index (χ1v) is 6.60. The number of hydrogen-bond donors (Lipinski definition) is 0. The van der Waals surface area contributed by atoms with Crippen molar-refractivity contribution in [2.45, 2.75) is 39.5 Å². The fourth-order valence-electron chi connectivity index (χ4n) is 0.856. The molecule has 0 bridgehead atoms. The molecule has 0 spiro atoms. The molecule has 0 unspecified atom stereocenters. The molecule has 6 nitrogen and oxygen atoms in total. The van der Waals surface area contributed by atoms with Gasteiger partial charge in [0.2, 0.25) is 0 Å². The molecule has 117 valence electrons. The molecular weight excluding hydrogens is 375 g/mol. The maximum absolute atomic E-state index is 8.49. The van der Waals surface area contributed by atoms with Crippen LogP contribution in [0.1, 0.15) is 39.5 Å². The molecule has 0 aliphatic heterocycles. The van der Waals surface area contributed by atoms with Gasteiger partial charge in [0.1, 0.15) is 0 Å². The largest absolute Gasteiger partial charge is 0.222 e. The van der Waals surface area contributed by atoms with Crippen molar-refractivity contribution in [1.29, 1.82) is 10.5 Å². The van der Waals surface area contributed by atoms with Crippen LogP contribution >= 0.6 is 0 Å². The van der Waals surface area contributed by atoms with Crippen molar-refractivity contribution in [3.8, 4) is 12.1 Å². The molecule has 0 amide bonds. The van der Waals surface area contributed by atoms with Crippen LogP contribution in [0.4, 0.5) is 0 Å². The second kappa shape index (κ2) is 23.3. The van der Waals surface area contributed by atoms with Gasteiger partial charge in [-0.3, -0.25) is 0 Å². The van der Waals surface area contributed by atoms with E-state index in [4.69, 9.17) is 29.2 Å². The third-order valence-corrected chi connectivity index (χ3v) is 1.33. The minimum Gasteiger partial charge on any atom is -0.222 e. The van der Waals surface area contributed by atoms with Crippen LogP contribution < -0.4 is 18.6 Å². The molecule has 0 heterocycles. The molecule has 20 heavy (non-hydrogen) atoms. The van der Waals surface area contributed by atoms with Crippen molar-refractivity contribution in [2.75, 3.05) is 0 Å². The Kier molecular flexibility index (Phi) is 32.1. The summed E-state index contributed by atoms with van der Waals surface area (Å²) in [5.74, 6) is 0. The Balaban J connectivity index is -0.0000000935. The smallest absolute Gasteiger partial charge is 0.0587 e. The quantitative estimate of drug-likeness (QED) is 0.381. The van der Waals surface area contributed by atoms with Crippen LogP contribution in [0.3, 0.4) is 0 Å². The number of hydrogen-bond acceptors (Lipinski definition) is 6. The Labute approximate surface area is 135 Å². The first-order chi connectivity index (χ1) is 8.83. The zero-order chi connectivity index (χ0) is 15.6. The molecule has 1 rings (SSSR count). The summed E-state index contributed by atoms with van der Waals surface area (Å²) < 4.78 is 34.0. The molecule has 0 N–H and O–H groups in total. The molecule has 1 aliphatic rings. The molecule has 0 saturated carbocycles. The second-order valence-corrected chi connectivity index (χ2v) is 3.68. The summed E-state index contributed by atoms with van der Waals surface area (Å²) in [6.45, 7) is 2.86. The molecule has 0 atom stereocenters. The second-order valence-electron chi connectivity index (χ2n) is 2.92. The van der Waals surface area contributed by atoms with Gasteiger partial charge in [-0.05, 0) is 25.7 Å². The number of rotatable bonds is 0. The third kappa shape index (κ3) is 87.0. The average Bonchev–Trinajstić information content (AvgIpc) is 2.15. The van der Waals surface area contributed by atoms with Crippen LogP contribution in [0.5, 0.6) is 0 Å². The minimum atomic E-state index is -4.94. The van der Waals surface area contributed by atoms with Gasteiger partial charge in [-0.25, -0.2) is 18.6 Å². The summed E-state index contributed by atoms with van der Waals surface area (Å²) in [6.07, 6.45) is 14.0. The zero-order valence-electron chi connectivity index (χ0n) is 11.4. The van der Waals surface area contributed by atoms with Crippen LogP contribution in [0.2, 0.25) is 0 Å². The van der Waals surface area contributed by atoms with Gasteiger partial charge in [-0.1, -0.05) is 24.3 Å². The predicted octanol–water partition coefficient (Wildman–Crippen LogP) is -1.03. The van der Waals surface area contributed by atoms with Crippen molar-refractivity contribution >= 4 is 0 Å². The maximum atomic E-state index is 8.49. The van der Waals surface area contributed by atoms with Gasteiger partial charge in [-0.15, -0.1) is 10.2 Å².